The maximum absolute atomic E-state index is 13.4. The molecule has 2 heterocycles. The number of sulfonamides is 1. The van der Waals surface area contributed by atoms with Crippen LogP contribution in [-0.4, -0.2) is 92.2 Å². The summed E-state index contributed by atoms with van der Waals surface area (Å²) < 4.78 is 83.3. The van der Waals surface area contributed by atoms with Gasteiger partial charge < -0.3 is 38.2 Å². The number of carbonyl (C=O) groups is 4. The van der Waals surface area contributed by atoms with Gasteiger partial charge in [-0.2, -0.15) is 0 Å². The van der Waals surface area contributed by atoms with E-state index in [9.17, 15) is 36.4 Å². The molecule has 0 bridgehead atoms. The summed E-state index contributed by atoms with van der Waals surface area (Å²) >= 11 is -2.54. The summed E-state index contributed by atoms with van der Waals surface area (Å²) in [7, 11) is -4.43. The minimum Gasteiger partial charge on any atom is -0.459 e. The van der Waals surface area contributed by atoms with E-state index in [0.29, 0.717) is 49.1 Å². The Balaban J connectivity index is 1.07. The zero-order valence-corrected chi connectivity index (χ0v) is 36.4. The van der Waals surface area contributed by atoms with Gasteiger partial charge in [0.2, 0.25) is 10.0 Å². The van der Waals surface area contributed by atoms with E-state index in [1.54, 1.807) is 54.6 Å². The van der Waals surface area contributed by atoms with E-state index in [1.165, 1.54) is 39.0 Å². The lowest BCUT2D eigenvalue weighted by Crippen LogP contribution is -2.33. The third-order valence-electron chi connectivity index (χ3n) is 9.91. The van der Waals surface area contributed by atoms with E-state index in [4.69, 9.17) is 33.6 Å². The first-order valence-corrected chi connectivity index (χ1v) is 22.7. The largest absolute Gasteiger partial charge is 0.459 e. The Morgan fingerprint density at radius 2 is 1.16 bits per heavy atom. The van der Waals surface area contributed by atoms with Crippen molar-refractivity contribution in [3.05, 3.63) is 96.1 Å². The highest BCUT2D eigenvalue weighted by atomic mass is 32.2. The predicted molar refractivity (Wildman–Crippen MR) is 231 cm³/mol. The Kier molecular flexibility index (Phi) is 15.3. The van der Waals surface area contributed by atoms with Gasteiger partial charge in [-0.15, -0.1) is 0 Å². The number of anilines is 3. The molecule has 2 aliphatic rings. The van der Waals surface area contributed by atoms with Crippen molar-refractivity contribution in [3.63, 3.8) is 0 Å². The van der Waals surface area contributed by atoms with Crippen molar-refractivity contribution < 1.29 is 64.8 Å². The number of nitrogens with zero attached hydrogens (tertiary/aromatic N) is 2. The summed E-state index contributed by atoms with van der Waals surface area (Å²) in [4.78, 5) is 56.2. The van der Waals surface area contributed by atoms with Crippen LogP contribution in [0.5, 0.6) is 23.0 Å². The van der Waals surface area contributed by atoms with Crippen LogP contribution in [0.3, 0.4) is 0 Å². The van der Waals surface area contributed by atoms with Crippen LogP contribution in [0.15, 0.2) is 89.8 Å². The molecule has 18 nitrogen and oxygen atoms in total. The Labute approximate surface area is 367 Å². The van der Waals surface area contributed by atoms with E-state index in [2.05, 4.69) is 4.72 Å². The van der Waals surface area contributed by atoms with Gasteiger partial charge in [0.1, 0.15) is 29.1 Å². The predicted octanol–water partition coefficient (Wildman–Crippen LogP) is 5.93. The minimum absolute atomic E-state index is 0.0352. The highest BCUT2D eigenvalue weighted by Crippen LogP contribution is 2.43. The Morgan fingerprint density at radius 1 is 0.698 bits per heavy atom. The highest BCUT2D eigenvalue weighted by molar-refractivity contribution is 7.89. The third-order valence-corrected chi connectivity index (χ3v) is 11.2. The molecule has 0 aliphatic carbocycles. The van der Waals surface area contributed by atoms with Crippen LogP contribution in [0.1, 0.15) is 67.2 Å². The van der Waals surface area contributed by atoms with Crippen molar-refractivity contribution in [1.82, 2.24) is 0 Å². The molecule has 4 unspecified atom stereocenters. The van der Waals surface area contributed by atoms with Crippen LogP contribution in [-0.2, 0) is 49.8 Å². The van der Waals surface area contributed by atoms with Gasteiger partial charge in [-0.05, 0) is 95.0 Å². The third kappa shape index (κ3) is 12.2. The number of carbonyl (C=O) groups excluding carboxylic acids is 4. The van der Waals surface area contributed by atoms with Crippen LogP contribution in [0.4, 0.5) is 17.1 Å². The summed E-state index contributed by atoms with van der Waals surface area (Å²) in [6.45, 7) is 5.89. The molecular weight excluding hydrogens is 861 g/mol. The van der Waals surface area contributed by atoms with Crippen molar-refractivity contribution >= 4 is 62.2 Å². The molecule has 0 spiro atoms. The molecule has 0 aromatic heterocycles. The molecule has 4 aromatic carbocycles. The zero-order valence-electron chi connectivity index (χ0n) is 34.7. The molecule has 20 heteroatoms. The van der Waals surface area contributed by atoms with Crippen LogP contribution >= 0.6 is 0 Å². The van der Waals surface area contributed by atoms with Gasteiger partial charge in [0, 0.05) is 26.2 Å². The summed E-state index contributed by atoms with van der Waals surface area (Å²) in [5.74, 6) is -2.98. The van der Waals surface area contributed by atoms with Crippen LogP contribution < -0.4 is 29.1 Å². The monoisotopic (exact) mass is 908 g/mol. The summed E-state index contributed by atoms with van der Waals surface area (Å²) in [6.07, 6.45) is -0.577. The topological polar surface area (TPSA) is 240 Å². The first-order chi connectivity index (χ1) is 30.1. The van der Waals surface area contributed by atoms with Crippen LogP contribution in [0.25, 0.3) is 0 Å². The number of benzene rings is 4. The maximum Gasteiger partial charge on any atom is 0.347 e. The first-order valence-electron chi connectivity index (χ1n) is 20.1. The van der Waals surface area contributed by atoms with Crippen LogP contribution in [0, 0.1) is 0 Å². The molecular formula is C43H48N4O14S2. The number of hydrogen-bond donors (Lipinski definition) is 3. The Morgan fingerprint density at radius 3 is 1.65 bits per heavy atom. The fraction of sp³-hybridized carbons (Fsp3) is 0.349. The normalized spacial score (nSPS) is 15.7. The molecule has 4 N–H and O–H groups in total. The molecule has 336 valence electrons. The lowest BCUT2D eigenvalue weighted by atomic mass is 10.1. The quantitative estimate of drug-likeness (QED) is 0.0595. The first kappa shape index (κ1) is 46.3. The summed E-state index contributed by atoms with van der Waals surface area (Å²) in [5, 5.41) is 5.60. The Bertz CT molecular complexity index is 2430. The number of hydrogen-bond acceptors (Lipinski definition) is 15. The van der Waals surface area contributed by atoms with E-state index < -0.39 is 75.0 Å². The van der Waals surface area contributed by atoms with Gasteiger partial charge in [-0.3, -0.25) is 9.27 Å². The standard InChI is InChI=1S/C43H48N4O14S2/c1-27(57-41(49)29(3)59-42(50)30-22-34(45-62(52)53)38(60-32-14-6-4-7-15-32)35(23-30)46-18-10-11-19-46)26-56-40(48)28(2)58-43(51)31-24-36(47-20-12-13-21-47)39(37(25-31)63(44,54)55)61-33-16-8-5-9-17-33/h4-9,14-17,22-25,27-29,45H,10-13,18-21,26H2,1-3H3,(H,52,53)(H2,44,54,55). The zero-order chi connectivity index (χ0) is 45.3. The fourth-order valence-electron chi connectivity index (χ4n) is 6.82. The highest BCUT2D eigenvalue weighted by Gasteiger charge is 2.31. The number of nitrogens with one attached hydrogen (secondary N) is 1. The average molecular weight is 909 g/mol. The maximum atomic E-state index is 13.4. The van der Waals surface area contributed by atoms with Crippen molar-refractivity contribution in [2.24, 2.45) is 5.14 Å². The number of para-hydroxylation sites is 2. The second-order valence-electron chi connectivity index (χ2n) is 14.8. The second kappa shape index (κ2) is 20.8. The van der Waals surface area contributed by atoms with Gasteiger partial charge in [0.15, 0.2) is 23.7 Å². The second-order valence-corrected chi connectivity index (χ2v) is 17.0. The Hall–Kier alpha value is -6.22. The van der Waals surface area contributed by atoms with E-state index in [-0.39, 0.29) is 28.3 Å². The van der Waals surface area contributed by atoms with E-state index in [0.717, 1.165) is 31.7 Å². The molecule has 2 aliphatic heterocycles. The van der Waals surface area contributed by atoms with Gasteiger partial charge in [-0.1, -0.05) is 36.4 Å². The number of rotatable bonds is 18. The van der Waals surface area contributed by atoms with Crippen molar-refractivity contribution in [2.45, 2.75) is 69.7 Å². The molecule has 2 saturated heterocycles. The molecule has 4 atom stereocenters. The smallest absolute Gasteiger partial charge is 0.347 e. The minimum atomic E-state index is -4.43. The lowest BCUT2D eigenvalue weighted by Gasteiger charge is -2.24. The number of esters is 4. The number of nitrogens with two attached hydrogens (primary N) is 1. The van der Waals surface area contributed by atoms with Crippen LogP contribution in [0.2, 0.25) is 0 Å². The van der Waals surface area contributed by atoms with E-state index in [1.807, 2.05) is 15.9 Å². The molecule has 6 rings (SSSR count). The SMILES string of the molecule is CC(COC(=O)C(C)OC(=O)c1cc(N2CCCC2)c(Oc2ccccc2)c(S(N)(=O)=O)c1)OC(=O)C(C)OC(=O)c1cc(NS(=O)O)c(Oc2ccccc2)c(N2CCCC2)c1. The summed E-state index contributed by atoms with van der Waals surface area (Å²) in [6, 6.07) is 22.5. The molecule has 63 heavy (non-hydrogen) atoms. The van der Waals surface area contributed by atoms with Gasteiger partial charge in [0.25, 0.3) is 11.3 Å². The molecule has 2 fully saturated rings. The van der Waals surface area contributed by atoms with Gasteiger partial charge in [-0.25, -0.2) is 36.9 Å². The number of ether oxygens (including phenoxy) is 6. The lowest BCUT2D eigenvalue weighted by molar-refractivity contribution is -0.167. The van der Waals surface area contributed by atoms with Gasteiger partial charge >= 0.3 is 23.9 Å². The molecule has 0 radical (unpaired) electrons. The van der Waals surface area contributed by atoms with Gasteiger partial charge in [0.05, 0.1) is 28.2 Å². The average Bonchev–Trinajstić information content (AvgIpc) is 4.00. The summed E-state index contributed by atoms with van der Waals surface area (Å²) in [5.41, 5.74) is 0.565. The molecule has 4 aromatic rings. The molecule has 0 saturated carbocycles. The van der Waals surface area contributed by atoms with Crippen molar-refractivity contribution in [2.75, 3.05) is 47.3 Å². The van der Waals surface area contributed by atoms with E-state index >= 15 is 0 Å². The molecule has 0 amide bonds. The van der Waals surface area contributed by atoms with Crippen molar-refractivity contribution in [3.8, 4) is 23.0 Å². The van der Waals surface area contributed by atoms with Crippen molar-refractivity contribution in [1.29, 1.82) is 0 Å². The number of primary sulfonamides is 1. The fourth-order valence-corrected chi connectivity index (χ4v) is 7.86.